The molecule has 0 aliphatic rings. The average molecular weight is 795 g/mol. The summed E-state index contributed by atoms with van der Waals surface area (Å²) < 4.78 is 6.19. The molecule has 0 unspecified atom stereocenters. The molecular formula is C41H38IrN2OSi-2. The predicted molar refractivity (Wildman–Crippen MR) is 191 cm³/mol. The van der Waals surface area contributed by atoms with Crippen molar-refractivity contribution >= 4 is 35.2 Å². The Morgan fingerprint density at radius 2 is 1.52 bits per heavy atom. The van der Waals surface area contributed by atoms with Crippen LogP contribution in [0.25, 0.3) is 55.6 Å². The third kappa shape index (κ3) is 7.62. The topological polar surface area (TPSA) is 38.9 Å². The molecule has 3 nitrogen and oxygen atoms in total. The first-order valence-electron chi connectivity index (χ1n) is 15.6. The number of rotatable bonds is 6. The standard InChI is InChI=1S/C27H22NO.C14H16NSi.Ir/c1-18(2)14-19-12-13-28-24(15-19)21-16-23(20-8-4-3-5-9-20)27-22-10-6-7-11-25(22)29-26(27)17-21;1-16(2,3)13-9-10-14(15-11-13)12-7-5-4-6-8-12;/h3-13,15-16,18H,14H2,1-2H3;4-7,9-11H,1-3H3;/q2*-1;. The molecule has 0 spiro atoms. The molecule has 7 aromatic rings. The third-order valence-electron chi connectivity index (χ3n) is 7.85. The Kier molecular flexibility index (Phi) is 10.5. The molecule has 0 aliphatic carbocycles. The molecular weight excluding hydrogens is 757 g/mol. The fourth-order valence-corrected chi connectivity index (χ4v) is 6.56. The molecule has 0 aliphatic heterocycles. The van der Waals surface area contributed by atoms with Gasteiger partial charge in [-0.3, -0.25) is 0 Å². The third-order valence-corrected chi connectivity index (χ3v) is 9.87. The molecule has 0 atom stereocenters. The smallest absolute Gasteiger partial charge is 0.123 e. The van der Waals surface area contributed by atoms with Gasteiger partial charge in [-0.05, 0) is 57.4 Å². The van der Waals surface area contributed by atoms with Crippen molar-refractivity contribution in [2.24, 2.45) is 5.92 Å². The van der Waals surface area contributed by atoms with E-state index in [1.54, 1.807) is 0 Å². The van der Waals surface area contributed by atoms with Gasteiger partial charge in [-0.25, -0.2) is 0 Å². The number of fused-ring (bicyclic) bond motifs is 3. The SMILES string of the molecule is CC(C)Cc1ccnc(-c2[c-]c3oc4ccccc4c3c(-c3ccccc3)c2)c1.C[Si](C)(C)c1ccc(-c2[c-]cccc2)nc1.[Ir]. The summed E-state index contributed by atoms with van der Waals surface area (Å²) in [6.07, 6.45) is 4.95. The number of aromatic nitrogens is 2. The van der Waals surface area contributed by atoms with Crippen molar-refractivity contribution in [2.45, 2.75) is 39.9 Å². The minimum atomic E-state index is -1.23. The van der Waals surface area contributed by atoms with Gasteiger partial charge in [-0.1, -0.05) is 117 Å². The van der Waals surface area contributed by atoms with Gasteiger partial charge in [-0.2, -0.15) is 0 Å². The van der Waals surface area contributed by atoms with E-state index in [9.17, 15) is 0 Å². The molecule has 5 heteroatoms. The van der Waals surface area contributed by atoms with E-state index in [4.69, 9.17) is 4.42 Å². The molecule has 0 saturated heterocycles. The van der Waals surface area contributed by atoms with Crippen molar-refractivity contribution in [3.8, 4) is 33.6 Å². The van der Waals surface area contributed by atoms with Crippen LogP contribution >= 0.6 is 0 Å². The van der Waals surface area contributed by atoms with Crippen molar-refractivity contribution in [1.29, 1.82) is 0 Å². The summed E-state index contributed by atoms with van der Waals surface area (Å²) >= 11 is 0. The number of benzene rings is 4. The molecule has 0 fully saturated rings. The molecule has 0 N–H and O–H groups in total. The summed E-state index contributed by atoms with van der Waals surface area (Å²) in [5.74, 6) is 0.604. The normalized spacial score (nSPS) is 11.3. The molecule has 1 radical (unpaired) electrons. The molecule has 233 valence electrons. The molecule has 0 saturated carbocycles. The largest absolute Gasteiger partial charge is 0.477 e. The average Bonchev–Trinajstić information content (AvgIpc) is 3.44. The number of nitrogens with zero attached hydrogens (tertiary/aromatic N) is 2. The number of hydrogen-bond donors (Lipinski definition) is 0. The molecule has 0 amide bonds. The molecule has 3 aromatic heterocycles. The van der Waals surface area contributed by atoms with Gasteiger partial charge < -0.3 is 14.4 Å². The van der Waals surface area contributed by atoms with Crippen LogP contribution in [-0.2, 0) is 26.5 Å². The fraction of sp³-hybridized carbons (Fsp3) is 0.171. The number of furan rings is 1. The molecule has 0 bridgehead atoms. The van der Waals surface area contributed by atoms with E-state index < -0.39 is 8.07 Å². The van der Waals surface area contributed by atoms with E-state index in [-0.39, 0.29) is 20.1 Å². The van der Waals surface area contributed by atoms with Crippen LogP contribution in [0.5, 0.6) is 0 Å². The van der Waals surface area contributed by atoms with Gasteiger partial charge >= 0.3 is 0 Å². The zero-order chi connectivity index (χ0) is 31.4. The van der Waals surface area contributed by atoms with Crippen LogP contribution in [0.2, 0.25) is 19.6 Å². The summed E-state index contributed by atoms with van der Waals surface area (Å²) in [6, 6.07) is 44.1. The van der Waals surface area contributed by atoms with E-state index >= 15 is 0 Å². The monoisotopic (exact) mass is 795 g/mol. The van der Waals surface area contributed by atoms with Gasteiger partial charge in [-0.15, -0.1) is 47.5 Å². The Labute approximate surface area is 287 Å². The van der Waals surface area contributed by atoms with E-state index in [1.165, 1.54) is 10.8 Å². The van der Waals surface area contributed by atoms with Gasteiger partial charge in [0.1, 0.15) is 5.58 Å². The summed E-state index contributed by atoms with van der Waals surface area (Å²) in [7, 11) is -1.23. The second-order valence-electron chi connectivity index (χ2n) is 12.9. The number of hydrogen-bond acceptors (Lipinski definition) is 3. The quantitative estimate of drug-likeness (QED) is 0.124. The van der Waals surface area contributed by atoms with E-state index in [0.29, 0.717) is 5.92 Å². The summed E-state index contributed by atoms with van der Waals surface area (Å²) in [5.41, 5.74) is 9.22. The van der Waals surface area contributed by atoms with Crippen molar-refractivity contribution in [3.63, 3.8) is 0 Å². The van der Waals surface area contributed by atoms with Gasteiger partial charge in [0.2, 0.25) is 0 Å². The minimum absolute atomic E-state index is 0. The van der Waals surface area contributed by atoms with Gasteiger partial charge in [0.05, 0.1) is 13.7 Å². The Morgan fingerprint density at radius 1 is 0.761 bits per heavy atom. The second kappa shape index (κ2) is 14.5. The maximum absolute atomic E-state index is 6.19. The van der Waals surface area contributed by atoms with Crippen molar-refractivity contribution < 1.29 is 24.5 Å². The first kappa shape index (κ1) is 33.2. The Bertz CT molecular complexity index is 2030. The van der Waals surface area contributed by atoms with Crippen LogP contribution in [-0.4, -0.2) is 18.0 Å². The summed E-state index contributed by atoms with van der Waals surface area (Å²) in [4.78, 5) is 9.16. The van der Waals surface area contributed by atoms with Crippen LogP contribution in [0.4, 0.5) is 0 Å². The van der Waals surface area contributed by atoms with Gasteiger partial charge in [0, 0.05) is 32.5 Å². The van der Waals surface area contributed by atoms with E-state index in [2.05, 4.69) is 122 Å². The number of para-hydroxylation sites is 1. The van der Waals surface area contributed by atoms with Crippen molar-refractivity contribution in [2.75, 3.05) is 0 Å². The number of pyridine rings is 2. The van der Waals surface area contributed by atoms with Crippen LogP contribution in [0.15, 0.2) is 126 Å². The molecule has 3 heterocycles. The van der Waals surface area contributed by atoms with Crippen LogP contribution in [0.1, 0.15) is 19.4 Å². The van der Waals surface area contributed by atoms with Crippen LogP contribution < -0.4 is 5.19 Å². The Morgan fingerprint density at radius 3 is 2.22 bits per heavy atom. The first-order chi connectivity index (χ1) is 21.8. The van der Waals surface area contributed by atoms with Crippen molar-refractivity contribution in [3.05, 3.63) is 139 Å². The first-order valence-corrected chi connectivity index (χ1v) is 19.1. The zero-order valence-corrected chi connectivity index (χ0v) is 30.4. The molecule has 4 aromatic carbocycles. The Balaban J connectivity index is 0.000000209. The molecule has 7 rings (SSSR count). The van der Waals surface area contributed by atoms with Crippen LogP contribution in [0.3, 0.4) is 0 Å². The van der Waals surface area contributed by atoms with Gasteiger partial charge in [0.25, 0.3) is 0 Å². The predicted octanol–water partition coefficient (Wildman–Crippen LogP) is 10.4. The summed E-state index contributed by atoms with van der Waals surface area (Å²) in [5, 5.41) is 3.62. The maximum Gasteiger partial charge on any atom is 0.123 e. The zero-order valence-electron chi connectivity index (χ0n) is 27.0. The molecule has 46 heavy (non-hydrogen) atoms. The van der Waals surface area contributed by atoms with E-state index in [0.717, 1.165) is 62.0 Å². The fourth-order valence-electron chi connectivity index (χ4n) is 5.53. The van der Waals surface area contributed by atoms with Crippen molar-refractivity contribution in [1.82, 2.24) is 9.97 Å². The van der Waals surface area contributed by atoms with Gasteiger partial charge in [0.15, 0.2) is 0 Å². The van der Waals surface area contributed by atoms with E-state index in [1.807, 2.05) is 54.9 Å². The minimum Gasteiger partial charge on any atom is -0.477 e. The second-order valence-corrected chi connectivity index (χ2v) is 17.9. The maximum atomic E-state index is 6.19. The Hall–Kier alpha value is -4.15. The van der Waals surface area contributed by atoms with Crippen LogP contribution in [0, 0.1) is 18.1 Å². The summed E-state index contributed by atoms with van der Waals surface area (Å²) in [6.45, 7) is 11.5.